The Balaban J connectivity index is 1.81. The number of rotatable bonds is 4. The number of pyridine rings is 1. The third-order valence-corrected chi connectivity index (χ3v) is 3.75. The number of aliphatic imine (C=N–C) groups is 2. The van der Waals surface area contributed by atoms with Crippen molar-refractivity contribution < 1.29 is 4.39 Å². The fraction of sp³-hybridized carbons (Fsp3) is 0.0952. The molecule has 0 atom stereocenters. The Morgan fingerprint density at radius 1 is 0.760 bits per heavy atom. The van der Waals surface area contributed by atoms with E-state index in [-0.39, 0.29) is 5.82 Å². The smallest absolute Gasteiger partial charge is 0.125 e. The van der Waals surface area contributed by atoms with E-state index in [9.17, 15) is 4.39 Å². The quantitative estimate of drug-likeness (QED) is 0.595. The first-order valence-electron chi connectivity index (χ1n) is 7.99. The Morgan fingerprint density at radius 2 is 1.40 bits per heavy atom. The zero-order valence-electron chi connectivity index (χ0n) is 14.1. The van der Waals surface area contributed by atoms with E-state index in [1.807, 2.05) is 56.3 Å². The number of hydrogen-bond acceptors (Lipinski definition) is 3. The summed E-state index contributed by atoms with van der Waals surface area (Å²) in [6.07, 6.45) is 3.36. The van der Waals surface area contributed by atoms with Crippen molar-refractivity contribution in [2.75, 3.05) is 0 Å². The van der Waals surface area contributed by atoms with Crippen molar-refractivity contribution in [2.24, 2.45) is 9.98 Å². The van der Waals surface area contributed by atoms with Gasteiger partial charge in [0.1, 0.15) is 5.82 Å². The minimum absolute atomic E-state index is 0.301. The number of nitrogens with zero attached hydrogens (tertiary/aromatic N) is 3. The zero-order chi connectivity index (χ0) is 17.6. The summed E-state index contributed by atoms with van der Waals surface area (Å²) in [5, 5.41) is 0. The number of aromatic nitrogens is 1. The van der Waals surface area contributed by atoms with Crippen molar-refractivity contribution in [1.82, 2.24) is 4.98 Å². The average molecular weight is 331 g/mol. The summed E-state index contributed by atoms with van der Waals surface area (Å²) in [7, 11) is 0. The molecule has 2 aromatic carbocycles. The summed E-state index contributed by atoms with van der Waals surface area (Å²) >= 11 is 0. The van der Waals surface area contributed by atoms with Crippen LogP contribution in [-0.4, -0.2) is 17.4 Å². The lowest BCUT2D eigenvalue weighted by Crippen LogP contribution is -1.93. The van der Waals surface area contributed by atoms with Crippen molar-refractivity contribution in [1.29, 1.82) is 0 Å². The summed E-state index contributed by atoms with van der Waals surface area (Å²) in [5.74, 6) is -0.301. The van der Waals surface area contributed by atoms with Gasteiger partial charge in [-0.2, -0.15) is 0 Å². The van der Waals surface area contributed by atoms with Crippen LogP contribution in [0.25, 0.3) is 0 Å². The summed E-state index contributed by atoms with van der Waals surface area (Å²) < 4.78 is 13.3. The third-order valence-electron chi connectivity index (χ3n) is 3.75. The Hall–Kier alpha value is -3.14. The molecule has 0 aliphatic carbocycles. The summed E-state index contributed by atoms with van der Waals surface area (Å²) in [6, 6.07) is 18.1. The minimum Gasteiger partial charge on any atom is -0.254 e. The van der Waals surface area contributed by atoms with Crippen molar-refractivity contribution in [3.63, 3.8) is 0 Å². The van der Waals surface area contributed by atoms with E-state index in [1.54, 1.807) is 18.5 Å². The van der Waals surface area contributed by atoms with Crippen LogP contribution in [0.3, 0.4) is 0 Å². The highest BCUT2D eigenvalue weighted by Crippen LogP contribution is 2.19. The largest absolute Gasteiger partial charge is 0.254 e. The minimum atomic E-state index is -0.301. The van der Waals surface area contributed by atoms with E-state index >= 15 is 0 Å². The molecule has 0 saturated heterocycles. The highest BCUT2D eigenvalue weighted by atomic mass is 19.1. The van der Waals surface area contributed by atoms with Gasteiger partial charge in [0.2, 0.25) is 0 Å². The van der Waals surface area contributed by atoms with Gasteiger partial charge in [0.15, 0.2) is 0 Å². The van der Waals surface area contributed by atoms with E-state index in [4.69, 9.17) is 0 Å². The van der Waals surface area contributed by atoms with E-state index in [0.717, 1.165) is 22.5 Å². The summed E-state index contributed by atoms with van der Waals surface area (Å²) in [5.41, 5.74) is 4.97. The highest BCUT2D eigenvalue weighted by Gasteiger charge is 1.99. The molecular weight excluding hydrogens is 313 g/mol. The molecule has 1 heterocycles. The molecule has 4 heteroatoms. The molecule has 0 aliphatic rings. The molecule has 0 N–H and O–H groups in total. The van der Waals surface area contributed by atoms with Crippen molar-refractivity contribution >= 4 is 23.8 Å². The molecule has 0 fully saturated rings. The van der Waals surface area contributed by atoms with Crippen molar-refractivity contribution in [3.8, 4) is 0 Å². The Morgan fingerprint density at radius 3 is 2.12 bits per heavy atom. The maximum Gasteiger partial charge on any atom is 0.125 e. The van der Waals surface area contributed by atoms with E-state index in [0.29, 0.717) is 11.4 Å². The van der Waals surface area contributed by atoms with Crippen LogP contribution in [0.1, 0.15) is 22.5 Å². The molecule has 25 heavy (non-hydrogen) atoms. The van der Waals surface area contributed by atoms with Crippen LogP contribution >= 0.6 is 0 Å². The first-order valence-corrected chi connectivity index (χ1v) is 7.99. The molecule has 0 unspecified atom stereocenters. The summed E-state index contributed by atoms with van der Waals surface area (Å²) in [6.45, 7) is 3.91. The molecule has 0 aliphatic heterocycles. The zero-order valence-corrected chi connectivity index (χ0v) is 14.1. The van der Waals surface area contributed by atoms with Gasteiger partial charge >= 0.3 is 0 Å². The molecule has 0 bridgehead atoms. The molecule has 3 nitrogen and oxygen atoms in total. The number of halogens is 1. The highest BCUT2D eigenvalue weighted by molar-refractivity contribution is 5.84. The van der Waals surface area contributed by atoms with Gasteiger partial charge in [-0.25, -0.2) is 9.37 Å². The van der Waals surface area contributed by atoms with Gasteiger partial charge in [0, 0.05) is 0 Å². The predicted octanol–water partition coefficient (Wildman–Crippen LogP) is 5.34. The maximum absolute atomic E-state index is 13.3. The Bertz CT molecular complexity index is 945. The molecule has 1 aromatic heterocycles. The predicted molar refractivity (Wildman–Crippen MR) is 101 cm³/mol. The number of para-hydroxylation sites is 1. The second-order valence-electron chi connectivity index (χ2n) is 5.72. The third kappa shape index (κ3) is 4.44. The Kier molecular flexibility index (Phi) is 5.09. The molecule has 0 amide bonds. The first-order chi connectivity index (χ1) is 12.1. The molecule has 3 aromatic rings. The van der Waals surface area contributed by atoms with Crippen LogP contribution in [0.15, 0.2) is 70.6 Å². The summed E-state index contributed by atoms with van der Waals surface area (Å²) in [4.78, 5) is 13.3. The van der Waals surface area contributed by atoms with Crippen molar-refractivity contribution in [3.05, 3.63) is 89.0 Å². The number of aryl methyl sites for hydroxylation is 2. The van der Waals surface area contributed by atoms with Crippen molar-refractivity contribution in [2.45, 2.75) is 13.8 Å². The van der Waals surface area contributed by atoms with Crippen LogP contribution in [0.2, 0.25) is 0 Å². The number of benzene rings is 2. The average Bonchev–Trinajstić information content (AvgIpc) is 2.62. The molecule has 124 valence electrons. The van der Waals surface area contributed by atoms with Gasteiger partial charge in [-0.1, -0.05) is 30.3 Å². The SMILES string of the molecule is Cc1ccccc1N=Cc1cccc(C=Nc2cc(F)ccc2C)n1. The monoisotopic (exact) mass is 331 g/mol. The van der Waals surface area contributed by atoms with E-state index in [2.05, 4.69) is 15.0 Å². The molecule has 0 radical (unpaired) electrons. The van der Waals surface area contributed by atoms with Gasteiger partial charge < -0.3 is 0 Å². The van der Waals surface area contributed by atoms with Gasteiger partial charge in [-0.15, -0.1) is 0 Å². The lowest BCUT2D eigenvalue weighted by molar-refractivity contribution is 0.628. The fourth-order valence-electron chi connectivity index (χ4n) is 2.31. The van der Waals surface area contributed by atoms with Crippen LogP contribution < -0.4 is 0 Å². The second kappa shape index (κ2) is 7.62. The molecule has 0 saturated carbocycles. The Labute approximate surface area is 146 Å². The molecule has 0 spiro atoms. The van der Waals surface area contributed by atoms with Crippen LogP contribution in [0.4, 0.5) is 15.8 Å². The fourth-order valence-corrected chi connectivity index (χ4v) is 2.31. The standard InChI is InChI=1S/C21H18FN3/c1-15-6-3-4-9-20(15)23-13-18-7-5-8-19(25-18)14-24-21-12-17(22)11-10-16(21)2/h3-14H,1-2H3. The second-order valence-corrected chi connectivity index (χ2v) is 5.72. The maximum atomic E-state index is 13.3. The van der Waals surface area contributed by atoms with Crippen LogP contribution in [-0.2, 0) is 0 Å². The topological polar surface area (TPSA) is 37.6 Å². The van der Waals surface area contributed by atoms with E-state index in [1.165, 1.54) is 12.1 Å². The first kappa shape index (κ1) is 16.7. The van der Waals surface area contributed by atoms with Gasteiger partial charge in [0.05, 0.1) is 35.2 Å². The number of hydrogen-bond donors (Lipinski definition) is 0. The van der Waals surface area contributed by atoms with Gasteiger partial charge in [0.25, 0.3) is 0 Å². The van der Waals surface area contributed by atoms with E-state index < -0.39 is 0 Å². The van der Waals surface area contributed by atoms with Crippen LogP contribution in [0.5, 0.6) is 0 Å². The molecule has 3 rings (SSSR count). The lowest BCUT2D eigenvalue weighted by Gasteiger charge is -2.00. The molecular formula is C21H18FN3. The normalized spacial score (nSPS) is 11.5. The lowest BCUT2D eigenvalue weighted by atomic mass is 10.2. The van der Waals surface area contributed by atoms with Gasteiger partial charge in [-0.05, 0) is 55.3 Å². The van der Waals surface area contributed by atoms with Gasteiger partial charge in [-0.3, -0.25) is 9.98 Å². The van der Waals surface area contributed by atoms with Crippen LogP contribution in [0, 0.1) is 19.7 Å².